The molecule has 3 N–H and O–H groups in total. The van der Waals surface area contributed by atoms with Crippen molar-refractivity contribution in [2.45, 2.75) is 57.8 Å². The number of ether oxygens (including phenoxy) is 1. The van der Waals surface area contributed by atoms with E-state index < -0.39 is 32.9 Å². The molecule has 1 fully saturated rings. The molecule has 7 heteroatoms. The number of hydrogen-bond acceptors (Lipinski definition) is 5. The van der Waals surface area contributed by atoms with Gasteiger partial charge in [0.1, 0.15) is 15.9 Å². The van der Waals surface area contributed by atoms with Gasteiger partial charge in [-0.15, -0.1) is 0 Å². The van der Waals surface area contributed by atoms with Crippen LogP contribution < -0.4 is 5.73 Å². The first-order valence-electron chi connectivity index (χ1n) is 7.18. The Morgan fingerprint density at radius 3 is 2.14 bits per heavy atom. The molecule has 1 aliphatic rings. The molecular formula is C14H27NO5S. The first-order valence-corrected chi connectivity index (χ1v) is 9.14. The molecule has 0 aromatic carbocycles. The van der Waals surface area contributed by atoms with Crippen molar-refractivity contribution >= 4 is 15.9 Å². The zero-order valence-electron chi connectivity index (χ0n) is 13.3. The average Bonchev–Trinajstić information content (AvgIpc) is 2.33. The lowest BCUT2D eigenvalue weighted by molar-refractivity contribution is -0.0972. The molecule has 0 aromatic rings. The van der Waals surface area contributed by atoms with Crippen LogP contribution in [0.3, 0.4) is 0 Å². The summed E-state index contributed by atoms with van der Waals surface area (Å²) in [5, 5.41) is 9.51. The van der Waals surface area contributed by atoms with Gasteiger partial charge < -0.3 is 15.6 Å². The molecule has 21 heavy (non-hydrogen) atoms. The highest BCUT2D eigenvalue weighted by molar-refractivity contribution is 7.91. The van der Waals surface area contributed by atoms with Crippen LogP contribution in [0.4, 0.5) is 4.79 Å². The third-order valence-corrected chi connectivity index (χ3v) is 6.11. The second-order valence-corrected chi connectivity index (χ2v) is 9.56. The quantitative estimate of drug-likeness (QED) is 0.815. The molecule has 0 spiro atoms. The lowest BCUT2D eigenvalue weighted by Gasteiger charge is -2.48. The second kappa shape index (κ2) is 6.12. The molecule has 6 nitrogen and oxygen atoms in total. The van der Waals surface area contributed by atoms with Crippen molar-refractivity contribution in [1.29, 1.82) is 0 Å². The van der Waals surface area contributed by atoms with Gasteiger partial charge in [0.05, 0.1) is 11.9 Å². The maximum Gasteiger partial charge on any atom is 0.404 e. The van der Waals surface area contributed by atoms with E-state index in [4.69, 9.17) is 10.5 Å². The lowest BCUT2D eigenvalue weighted by Crippen LogP contribution is -2.52. The van der Waals surface area contributed by atoms with Crippen LogP contribution in [0.15, 0.2) is 0 Å². The van der Waals surface area contributed by atoms with Gasteiger partial charge in [0, 0.05) is 11.7 Å². The number of aliphatic hydroxyl groups is 1. The zero-order chi connectivity index (χ0) is 16.5. The van der Waals surface area contributed by atoms with Crippen LogP contribution in [0.25, 0.3) is 0 Å². The molecule has 1 rings (SSSR count). The molecule has 0 aromatic heterocycles. The number of carbonyl (C=O) groups excluding carboxylic acids is 1. The van der Waals surface area contributed by atoms with Crippen molar-refractivity contribution in [3.8, 4) is 0 Å². The summed E-state index contributed by atoms with van der Waals surface area (Å²) in [6.07, 6.45) is 1.75. The minimum absolute atomic E-state index is 0.154. The summed E-state index contributed by atoms with van der Waals surface area (Å²) in [5.74, 6) is 0. The number of hydrogen-bond donors (Lipinski definition) is 2. The predicted molar refractivity (Wildman–Crippen MR) is 80.5 cm³/mol. The Kier molecular flexibility index (Phi) is 5.31. The number of amides is 1. The Bertz CT molecular complexity index is 472. The van der Waals surface area contributed by atoms with Crippen molar-refractivity contribution in [2.24, 2.45) is 16.6 Å². The first-order chi connectivity index (χ1) is 9.42. The van der Waals surface area contributed by atoms with Gasteiger partial charge in [0.25, 0.3) is 0 Å². The molecule has 0 saturated heterocycles. The normalized spacial score (nSPS) is 28.9. The van der Waals surface area contributed by atoms with Crippen LogP contribution in [0, 0.1) is 10.8 Å². The third kappa shape index (κ3) is 4.32. The van der Waals surface area contributed by atoms with E-state index in [1.807, 2.05) is 20.8 Å². The maximum atomic E-state index is 11.7. The topological polar surface area (TPSA) is 107 Å². The largest absolute Gasteiger partial charge is 0.445 e. The Morgan fingerprint density at radius 1 is 1.38 bits per heavy atom. The summed E-state index contributed by atoms with van der Waals surface area (Å²) in [5.41, 5.74) is 4.14. The minimum Gasteiger partial charge on any atom is -0.445 e. The predicted octanol–water partition coefficient (Wildman–Crippen LogP) is 1.46. The molecule has 0 radical (unpaired) electrons. The highest BCUT2D eigenvalue weighted by Crippen LogP contribution is 2.47. The first kappa shape index (κ1) is 18.2. The van der Waals surface area contributed by atoms with Crippen LogP contribution in [0.5, 0.6) is 0 Å². The molecule has 1 aliphatic carbocycles. The fourth-order valence-electron chi connectivity index (χ4n) is 3.43. The number of nitrogens with two attached hydrogens (primary N) is 1. The summed E-state index contributed by atoms with van der Waals surface area (Å²) in [6.45, 7) is 5.60. The SMILES string of the molecule is CC(C)(C)C(OC(N)=O)C1(CO)CCC(S(C)(=O)=O)CC1. The van der Waals surface area contributed by atoms with Crippen LogP contribution in [-0.4, -0.2) is 43.8 Å². The summed E-state index contributed by atoms with van der Waals surface area (Å²) in [6, 6.07) is 0. The molecule has 1 saturated carbocycles. The summed E-state index contributed by atoms with van der Waals surface area (Å²) in [7, 11) is -3.08. The lowest BCUT2D eigenvalue weighted by atomic mass is 9.64. The molecule has 0 heterocycles. The number of carbonyl (C=O) groups is 1. The Balaban J connectivity index is 3.02. The fourth-order valence-corrected chi connectivity index (χ4v) is 4.53. The van der Waals surface area contributed by atoms with Crippen molar-refractivity contribution in [1.82, 2.24) is 0 Å². The van der Waals surface area contributed by atoms with E-state index >= 15 is 0 Å². The fraction of sp³-hybridized carbons (Fsp3) is 0.929. The number of primary amides is 1. The third-order valence-electron chi connectivity index (χ3n) is 4.43. The number of sulfone groups is 1. The molecule has 124 valence electrons. The van der Waals surface area contributed by atoms with E-state index in [9.17, 15) is 18.3 Å². The standard InChI is InChI=1S/C14H27NO5S/c1-13(2,3)11(20-12(15)17)14(9-16)7-5-10(6-8-14)21(4,18)19/h10-11,16H,5-9H2,1-4H3,(H2,15,17). The van der Waals surface area contributed by atoms with Gasteiger partial charge in [0.2, 0.25) is 0 Å². The van der Waals surface area contributed by atoms with E-state index in [1.54, 1.807) is 0 Å². The molecule has 0 aliphatic heterocycles. The van der Waals surface area contributed by atoms with E-state index in [2.05, 4.69) is 0 Å². The zero-order valence-corrected chi connectivity index (χ0v) is 14.1. The smallest absolute Gasteiger partial charge is 0.404 e. The van der Waals surface area contributed by atoms with Gasteiger partial charge in [-0.3, -0.25) is 0 Å². The van der Waals surface area contributed by atoms with Gasteiger partial charge in [-0.2, -0.15) is 0 Å². The Morgan fingerprint density at radius 2 is 1.86 bits per heavy atom. The summed E-state index contributed by atoms with van der Waals surface area (Å²) >= 11 is 0. The van der Waals surface area contributed by atoms with Gasteiger partial charge >= 0.3 is 6.09 Å². The highest BCUT2D eigenvalue weighted by atomic mass is 32.2. The molecule has 1 atom stereocenters. The van der Waals surface area contributed by atoms with E-state index in [-0.39, 0.29) is 11.9 Å². The Labute approximate surface area is 127 Å². The Hall–Kier alpha value is -0.820. The molecule has 1 unspecified atom stereocenters. The van der Waals surface area contributed by atoms with Gasteiger partial charge in [0.15, 0.2) is 0 Å². The van der Waals surface area contributed by atoms with Crippen LogP contribution in [0.1, 0.15) is 46.5 Å². The summed E-state index contributed by atoms with van der Waals surface area (Å²) < 4.78 is 28.6. The van der Waals surface area contributed by atoms with Crippen molar-refractivity contribution in [2.75, 3.05) is 12.9 Å². The van der Waals surface area contributed by atoms with Crippen molar-refractivity contribution in [3.05, 3.63) is 0 Å². The minimum atomic E-state index is -3.08. The van der Waals surface area contributed by atoms with E-state index in [0.29, 0.717) is 25.7 Å². The van der Waals surface area contributed by atoms with Crippen LogP contribution in [0.2, 0.25) is 0 Å². The van der Waals surface area contributed by atoms with Crippen molar-refractivity contribution in [3.63, 3.8) is 0 Å². The monoisotopic (exact) mass is 321 g/mol. The van der Waals surface area contributed by atoms with E-state index in [1.165, 1.54) is 6.26 Å². The highest BCUT2D eigenvalue weighted by Gasteiger charge is 2.49. The van der Waals surface area contributed by atoms with Crippen molar-refractivity contribution < 1.29 is 23.1 Å². The average molecular weight is 321 g/mol. The number of aliphatic hydroxyl groups excluding tert-OH is 1. The van der Waals surface area contributed by atoms with Gasteiger partial charge in [-0.05, 0) is 31.1 Å². The van der Waals surface area contributed by atoms with E-state index in [0.717, 1.165) is 0 Å². The molecular weight excluding hydrogens is 294 g/mol. The summed E-state index contributed by atoms with van der Waals surface area (Å²) in [4.78, 5) is 11.2. The van der Waals surface area contributed by atoms with Gasteiger partial charge in [-0.25, -0.2) is 13.2 Å². The maximum absolute atomic E-state index is 11.7. The molecule has 0 bridgehead atoms. The van der Waals surface area contributed by atoms with Crippen LogP contribution >= 0.6 is 0 Å². The molecule has 1 amide bonds. The van der Waals surface area contributed by atoms with Gasteiger partial charge in [-0.1, -0.05) is 20.8 Å². The second-order valence-electron chi connectivity index (χ2n) is 7.23. The van der Waals surface area contributed by atoms with Crippen LogP contribution in [-0.2, 0) is 14.6 Å². The number of rotatable bonds is 4.